The lowest BCUT2D eigenvalue weighted by Gasteiger charge is -2.12. The minimum atomic E-state index is -0.138. The van der Waals surface area contributed by atoms with Crippen molar-refractivity contribution >= 4 is 34.6 Å². The Bertz CT molecular complexity index is 607. The summed E-state index contributed by atoms with van der Waals surface area (Å²) in [4.78, 5) is 17.1. The molecule has 1 aromatic carbocycles. The van der Waals surface area contributed by atoms with Crippen LogP contribution in [0.5, 0.6) is 0 Å². The Morgan fingerprint density at radius 2 is 2.26 bits per heavy atom. The molecule has 0 unspecified atom stereocenters. The van der Waals surface area contributed by atoms with E-state index in [0.29, 0.717) is 24.1 Å². The maximum Gasteiger partial charge on any atom is 0.316 e. The Morgan fingerprint density at radius 1 is 1.53 bits per heavy atom. The molecule has 0 spiro atoms. The van der Waals surface area contributed by atoms with Crippen LogP contribution in [0.2, 0.25) is 5.02 Å². The van der Waals surface area contributed by atoms with Crippen LogP contribution in [0.4, 0.5) is 10.7 Å². The fourth-order valence-corrected chi connectivity index (χ4v) is 1.95. The highest BCUT2D eigenvalue weighted by molar-refractivity contribution is 6.31. The van der Waals surface area contributed by atoms with Crippen LogP contribution >= 0.6 is 11.6 Å². The predicted octanol–water partition coefficient (Wildman–Crippen LogP) is 1.54. The largest absolute Gasteiger partial charge is 0.369 e. The predicted molar refractivity (Wildman–Crippen MR) is 76.2 cm³/mol. The van der Waals surface area contributed by atoms with Gasteiger partial charge in [0.25, 0.3) is 0 Å². The molecule has 19 heavy (non-hydrogen) atoms. The lowest BCUT2D eigenvalue weighted by molar-refractivity contribution is 0.217. The molecule has 6 nitrogen and oxygen atoms in total. The van der Waals surface area contributed by atoms with E-state index < -0.39 is 0 Å². The van der Waals surface area contributed by atoms with Gasteiger partial charge in [-0.3, -0.25) is 0 Å². The van der Waals surface area contributed by atoms with E-state index in [1.807, 2.05) is 16.7 Å². The summed E-state index contributed by atoms with van der Waals surface area (Å²) in [6, 6.07) is 5.27. The number of amides is 2. The molecule has 0 atom stereocenters. The molecule has 7 heteroatoms. The average Bonchev–Trinajstić information content (AvgIpc) is 2.65. The van der Waals surface area contributed by atoms with E-state index in [-0.39, 0.29) is 6.03 Å². The number of imidazole rings is 1. The minimum absolute atomic E-state index is 0.138. The highest BCUT2D eigenvalue weighted by atomic mass is 35.5. The van der Waals surface area contributed by atoms with Gasteiger partial charge in [-0.05, 0) is 18.2 Å². The molecule has 1 aromatic heterocycles. The SMILES string of the molecule is CN(C)C(=O)NCCn1c(N)nc2ccc(Cl)cc21. The standard InChI is InChI=1S/C12H16ClN5O/c1-17(2)12(19)15-5-6-18-10-7-8(13)3-4-9(10)16-11(18)14/h3-4,7H,5-6H2,1-2H3,(H2,14,16)(H,15,19). The number of nitrogens with two attached hydrogens (primary N) is 1. The molecule has 102 valence electrons. The zero-order valence-electron chi connectivity index (χ0n) is 10.9. The molecule has 1 heterocycles. The van der Waals surface area contributed by atoms with Gasteiger partial charge in [-0.2, -0.15) is 0 Å². The van der Waals surface area contributed by atoms with Crippen LogP contribution in [0.25, 0.3) is 11.0 Å². The maximum atomic E-state index is 11.4. The number of fused-ring (bicyclic) bond motifs is 1. The van der Waals surface area contributed by atoms with Gasteiger partial charge >= 0.3 is 6.03 Å². The van der Waals surface area contributed by atoms with Crippen molar-refractivity contribution < 1.29 is 4.79 Å². The Balaban J connectivity index is 2.14. The van der Waals surface area contributed by atoms with E-state index in [1.165, 1.54) is 4.90 Å². The average molecular weight is 282 g/mol. The van der Waals surface area contributed by atoms with Crippen molar-refractivity contribution in [1.82, 2.24) is 19.8 Å². The van der Waals surface area contributed by atoms with Crippen LogP contribution in [-0.4, -0.2) is 41.1 Å². The Hall–Kier alpha value is -1.95. The molecule has 0 aliphatic carbocycles. The van der Waals surface area contributed by atoms with E-state index >= 15 is 0 Å². The molecule has 0 radical (unpaired) electrons. The van der Waals surface area contributed by atoms with Crippen LogP contribution in [0.1, 0.15) is 0 Å². The second kappa shape index (κ2) is 5.36. The third-order valence-corrected chi connectivity index (χ3v) is 2.99. The normalized spacial score (nSPS) is 10.7. The number of halogens is 1. The molecule has 0 saturated carbocycles. The summed E-state index contributed by atoms with van der Waals surface area (Å²) in [5, 5.41) is 3.41. The van der Waals surface area contributed by atoms with Gasteiger partial charge in [0.05, 0.1) is 11.0 Å². The van der Waals surface area contributed by atoms with Crippen molar-refractivity contribution in [2.45, 2.75) is 6.54 Å². The molecule has 2 aromatic rings. The number of carbonyl (C=O) groups excluding carboxylic acids is 1. The van der Waals surface area contributed by atoms with E-state index in [0.717, 1.165) is 11.0 Å². The number of nitrogens with zero attached hydrogens (tertiary/aromatic N) is 3. The van der Waals surface area contributed by atoms with E-state index in [4.69, 9.17) is 17.3 Å². The summed E-state index contributed by atoms with van der Waals surface area (Å²) in [6.07, 6.45) is 0. The Morgan fingerprint density at radius 3 is 2.95 bits per heavy atom. The maximum absolute atomic E-state index is 11.4. The van der Waals surface area contributed by atoms with E-state index in [9.17, 15) is 4.79 Å². The highest BCUT2D eigenvalue weighted by Crippen LogP contribution is 2.21. The summed E-state index contributed by atoms with van der Waals surface area (Å²) in [5.41, 5.74) is 7.52. The molecule has 0 fully saturated rings. The first kappa shape index (κ1) is 13.5. The fourth-order valence-electron chi connectivity index (χ4n) is 1.78. The van der Waals surface area contributed by atoms with Gasteiger partial charge in [-0.1, -0.05) is 11.6 Å². The lowest BCUT2D eigenvalue weighted by atomic mass is 10.3. The van der Waals surface area contributed by atoms with Crippen LogP contribution in [-0.2, 0) is 6.54 Å². The fraction of sp³-hybridized carbons (Fsp3) is 0.333. The van der Waals surface area contributed by atoms with Crippen molar-refractivity contribution in [3.05, 3.63) is 23.2 Å². The second-order valence-electron chi connectivity index (χ2n) is 4.38. The van der Waals surface area contributed by atoms with Crippen LogP contribution < -0.4 is 11.1 Å². The van der Waals surface area contributed by atoms with Gasteiger partial charge in [0.15, 0.2) is 0 Å². The molecule has 0 bridgehead atoms. The van der Waals surface area contributed by atoms with Crippen molar-refractivity contribution in [1.29, 1.82) is 0 Å². The van der Waals surface area contributed by atoms with Crippen molar-refractivity contribution in [3.8, 4) is 0 Å². The number of benzene rings is 1. The number of hydrogen-bond donors (Lipinski definition) is 2. The van der Waals surface area contributed by atoms with Gasteiger partial charge in [-0.15, -0.1) is 0 Å². The first-order chi connectivity index (χ1) is 8.99. The van der Waals surface area contributed by atoms with E-state index in [2.05, 4.69) is 10.3 Å². The van der Waals surface area contributed by atoms with Gasteiger partial charge < -0.3 is 20.5 Å². The van der Waals surface area contributed by atoms with Crippen LogP contribution in [0, 0.1) is 0 Å². The number of rotatable bonds is 3. The number of carbonyl (C=O) groups is 1. The smallest absolute Gasteiger partial charge is 0.316 e. The first-order valence-electron chi connectivity index (χ1n) is 5.85. The molecular weight excluding hydrogens is 266 g/mol. The number of aromatic nitrogens is 2. The van der Waals surface area contributed by atoms with Crippen LogP contribution in [0.3, 0.4) is 0 Å². The summed E-state index contributed by atoms with van der Waals surface area (Å²) in [5.74, 6) is 0.413. The summed E-state index contributed by atoms with van der Waals surface area (Å²) >= 11 is 5.97. The molecule has 0 saturated heterocycles. The minimum Gasteiger partial charge on any atom is -0.369 e. The van der Waals surface area contributed by atoms with Gasteiger partial charge in [0.1, 0.15) is 0 Å². The molecule has 0 aliphatic heterocycles. The van der Waals surface area contributed by atoms with Crippen molar-refractivity contribution in [2.24, 2.45) is 0 Å². The number of anilines is 1. The lowest BCUT2D eigenvalue weighted by Crippen LogP contribution is -2.36. The number of hydrogen-bond acceptors (Lipinski definition) is 3. The molecular formula is C12H16ClN5O. The van der Waals surface area contributed by atoms with Crippen molar-refractivity contribution in [2.75, 3.05) is 26.4 Å². The van der Waals surface area contributed by atoms with Gasteiger partial charge in [0, 0.05) is 32.2 Å². The van der Waals surface area contributed by atoms with Gasteiger partial charge in [0.2, 0.25) is 5.95 Å². The summed E-state index contributed by atoms with van der Waals surface area (Å²) in [7, 11) is 3.38. The summed E-state index contributed by atoms with van der Waals surface area (Å²) < 4.78 is 1.83. The highest BCUT2D eigenvalue weighted by Gasteiger charge is 2.09. The molecule has 2 amide bonds. The zero-order chi connectivity index (χ0) is 14.0. The molecule has 2 rings (SSSR count). The van der Waals surface area contributed by atoms with Crippen LogP contribution in [0.15, 0.2) is 18.2 Å². The zero-order valence-corrected chi connectivity index (χ0v) is 11.6. The molecule has 3 N–H and O–H groups in total. The number of nitrogens with one attached hydrogen (secondary N) is 1. The summed E-state index contributed by atoms with van der Waals surface area (Å²) in [6.45, 7) is 1.02. The van der Waals surface area contributed by atoms with Gasteiger partial charge in [-0.25, -0.2) is 9.78 Å². The van der Waals surface area contributed by atoms with E-state index in [1.54, 1.807) is 20.2 Å². The third kappa shape index (κ3) is 2.90. The monoisotopic (exact) mass is 281 g/mol. The topological polar surface area (TPSA) is 76.2 Å². The Labute approximate surface area is 116 Å². The number of urea groups is 1. The number of nitrogen functional groups attached to an aromatic ring is 1. The van der Waals surface area contributed by atoms with Crippen molar-refractivity contribution in [3.63, 3.8) is 0 Å². The Kier molecular flexibility index (Phi) is 3.80. The first-order valence-corrected chi connectivity index (χ1v) is 6.23. The quantitative estimate of drug-likeness (QED) is 0.896. The third-order valence-electron chi connectivity index (χ3n) is 2.76. The second-order valence-corrected chi connectivity index (χ2v) is 4.82. The molecule has 0 aliphatic rings.